The number of carbonyl (C=O) groups is 1. The number of rotatable bonds is 5. The van der Waals surface area contributed by atoms with Gasteiger partial charge in [0.2, 0.25) is 0 Å². The summed E-state index contributed by atoms with van der Waals surface area (Å²) in [6, 6.07) is 7.95. The predicted octanol–water partition coefficient (Wildman–Crippen LogP) is 2.74. The van der Waals surface area contributed by atoms with E-state index in [9.17, 15) is 22.0 Å². The van der Waals surface area contributed by atoms with Crippen molar-refractivity contribution in [3.8, 4) is 5.69 Å². The number of benzene rings is 2. The van der Waals surface area contributed by atoms with Gasteiger partial charge in [0, 0.05) is 18.5 Å². The first kappa shape index (κ1) is 18.5. The number of nitrogens with zero attached hydrogens (tertiary/aromatic N) is 2. The molecule has 0 aliphatic carbocycles. The molecular weight excluding hydrogens is 380 g/mol. The summed E-state index contributed by atoms with van der Waals surface area (Å²) in [5.41, 5.74) is -0.146. The van der Waals surface area contributed by atoms with E-state index in [2.05, 4.69) is 14.6 Å². The minimum absolute atomic E-state index is 0.113. The Kier molecular flexibility index (Phi) is 4.91. The third-order valence-electron chi connectivity index (χ3n) is 3.59. The molecule has 1 heterocycles. The quantitative estimate of drug-likeness (QED) is 0.673. The topological polar surface area (TPSA) is 90.3 Å². The van der Waals surface area contributed by atoms with Crippen molar-refractivity contribution in [3.05, 3.63) is 72.1 Å². The van der Waals surface area contributed by atoms with Crippen LogP contribution in [0.1, 0.15) is 10.4 Å². The average molecular weight is 393 g/mol. The largest absolute Gasteiger partial charge is 0.465 e. The van der Waals surface area contributed by atoms with Crippen LogP contribution in [0.4, 0.5) is 14.5 Å². The summed E-state index contributed by atoms with van der Waals surface area (Å²) >= 11 is 0. The lowest BCUT2D eigenvalue weighted by atomic mass is 10.2. The first-order valence-electron chi connectivity index (χ1n) is 7.52. The van der Waals surface area contributed by atoms with Crippen molar-refractivity contribution < 1.29 is 26.7 Å². The molecule has 7 nitrogen and oxygen atoms in total. The Balaban J connectivity index is 1.93. The van der Waals surface area contributed by atoms with Crippen molar-refractivity contribution in [1.82, 2.24) is 9.78 Å². The highest BCUT2D eigenvalue weighted by Crippen LogP contribution is 2.23. The molecule has 0 saturated carbocycles. The van der Waals surface area contributed by atoms with Crippen molar-refractivity contribution in [2.75, 3.05) is 11.8 Å². The van der Waals surface area contributed by atoms with Gasteiger partial charge in [-0.1, -0.05) is 0 Å². The van der Waals surface area contributed by atoms with E-state index in [4.69, 9.17) is 0 Å². The highest BCUT2D eigenvalue weighted by atomic mass is 32.2. The summed E-state index contributed by atoms with van der Waals surface area (Å²) in [6.45, 7) is 0. The van der Waals surface area contributed by atoms with E-state index in [1.165, 1.54) is 29.2 Å². The Morgan fingerprint density at radius 1 is 1.15 bits per heavy atom. The van der Waals surface area contributed by atoms with Crippen LogP contribution in [0.25, 0.3) is 5.69 Å². The number of halogens is 2. The van der Waals surface area contributed by atoms with Crippen LogP contribution in [-0.4, -0.2) is 31.3 Å². The second-order valence-electron chi connectivity index (χ2n) is 5.36. The molecule has 0 unspecified atom stereocenters. The molecule has 3 rings (SSSR count). The number of esters is 1. The van der Waals surface area contributed by atoms with Gasteiger partial charge in [-0.3, -0.25) is 4.72 Å². The van der Waals surface area contributed by atoms with Crippen molar-refractivity contribution >= 4 is 21.7 Å². The summed E-state index contributed by atoms with van der Waals surface area (Å²) in [4.78, 5) is 10.8. The third kappa shape index (κ3) is 3.80. The van der Waals surface area contributed by atoms with Crippen LogP contribution >= 0.6 is 0 Å². The summed E-state index contributed by atoms with van der Waals surface area (Å²) in [5, 5.41) is 3.89. The number of nitrogens with one attached hydrogen (secondary N) is 1. The standard InChI is InChI=1S/C17H13F2N3O4S/c1-26-17(23)11-3-5-13(18)16(9-11)27(24,25)21-12-4-6-15(14(19)10-12)22-8-2-7-20-22/h2-10,21H,1H3. The first-order valence-corrected chi connectivity index (χ1v) is 9.00. The van der Waals surface area contributed by atoms with E-state index < -0.39 is 32.5 Å². The van der Waals surface area contributed by atoms with Gasteiger partial charge >= 0.3 is 5.97 Å². The fourth-order valence-corrected chi connectivity index (χ4v) is 3.49. The van der Waals surface area contributed by atoms with Crippen LogP contribution < -0.4 is 4.72 Å². The molecule has 0 saturated heterocycles. The van der Waals surface area contributed by atoms with Crippen molar-refractivity contribution in [1.29, 1.82) is 0 Å². The molecule has 0 bridgehead atoms. The second kappa shape index (κ2) is 7.16. The molecule has 0 amide bonds. The van der Waals surface area contributed by atoms with E-state index in [1.54, 1.807) is 6.07 Å². The Morgan fingerprint density at radius 2 is 1.93 bits per heavy atom. The Bertz CT molecular complexity index is 1100. The predicted molar refractivity (Wildman–Crippen MR) is 92.1 cm³/mol. The normalized spacial score (nSPS) is 11.2. The SMILES string of the molecule is COC(=O)c1ccc(F)c(S(=O)(=O)Nc2ccc(-n3cccn3)c(F)c2)c1. The molecule has 140 valence electrons. The van der Waals surface area contributed by atoms with E-state index in [-0.39, 0.29) is 16.9 Å². The van der Waals surface area contributed by atoms with Crippen LogP contribution in [0.3, 0.4) is 0 Å². The summed E-state index contributed by atoms with van der Waals surface area (Å²) in [7, 11) is -3.30. The Morgan fingerprint density at radius 3 is 2.56 bits per heavy atom. The molecule has 2 aromatic carbocycles. The van der Waals surface area contributed by atoms with Crippen LogP contribution in [0.15, 0.2) is 59.8 Å². The number of aromatic nitrogens is 2. The first-order chi connectivity index (χ1) is 12.8. The van der Waals surface area contributed by atoms with Crippen LogP contribution in [0.2, 0.25) is 0 Å². The number of hydrogen-bond acceptors (Lipinski definition) is 5. The number of carbonyl (C=O) groups excluding carboxylic acids is 1. The number of ether oxygens (including phenoxy) is 1. The van der Waals surface area contributed by atoms with Crippen LogP contribution in [0.5, 0.6) is 0 Å². The number of hydrogen-bond donors (Lipinski definition) is 1. The van der Waals surface area contributed by atoms with E-state index in [0.29, 0.717) is 0 Å². The maximum Gasteiger partial charge on any atom is 0.337 e. The molecule has 3 aromatic rings. The smallest absolute Gasteiger partial charge is 0.337 e. The molecule has 0 fully saturated rings. The lowest BCUT2D eigenvalue weighted by Crippen LogP contribution is -2.16. The summed E-state index contributed by atoms with van der Waals surface area (Å²) in [5.74, 6) is -2.62. The van der Waals surface area contributed by atoms with Crippen molar-refractivity contribution in [2.45, 2.75) is 4.90 Å². The molecule has 0 aliphatic rings. The van der Waals surface area contributed by atoms with E-state index in [0.717, 1.165) is 31.4 Å². The van der Waals surface area contributed by atoms with Gasteiger partial charge in [-0.2, -0.15) is 5.10 Å². The van der Waals surface area contributed by atoms with Gasteiger partial charge in [0.15, 0.2) is 5.82 Å². The van der Waals surface area contributed by atoms with Crippen LogP contribution in [-0.2, 0) is 14.8 Å². The average Bonchev–Trinajstić information content (AvgIpc) is 3.15. The second-order valence-corrected chi connectivity index (χ2v) is 7.01. The number of methoxy groups -OCH3 is 1. The molecule has 0 radical (unpaired) electrons. The fraction of sp³-hybridized carbons (Fsp3) is 0.0588. The van der Waals surface area contributed by atoms with Crippen molar-refractivity contribution in [2.24, 2.45) is 0 Å². The van der Waals surface area contributed by atoms with Gasteiger partial charge in [-0.25, -0.2) is 26.7 Å². The minimum atomic E-state index is -4.41. The zero-order chi connectivity index (χ0) is 19.6. The molecule has 0 aliphatic heterocycles. The monoisotopic (exact) mass is 393 g/mol. The Hall–Kier alpha value is -3.27. The van der Waals surface area contributed by atoms with Gasteiger partial charge in [-0.15, -0.1) is 0 Å². The lowest BCUT2D eigenvalue weighted by molar-refractivity contribution is 0.0600. The summed E-state index contributed by atoms with van der Waals surface area (Å²) in [6.07, 6.45) is 2.99. The van der Waals surface area contributed by atoms with Gasteiger partial charge in [0.05, 0.1) is 18.4 Å². The van der Waals surface area contributed by atoms with Crippen molar-refractivity contribution in [3.63, 3.8) is 0 Å². The number of anilines is 1. The van der Waals surface area contributed by atoms with Crippen LogP contribution in [0, 0.1) is 11.6 Å². The summed E-state index contributed by atoms with van der Waals surface area (Å²) < 4.78 is 61.0. The maximum absolute atomic E-state index is 14.3. The molecule has 1 N–H and O–H groups in total. The number of sulfonamides is 1. The lowest BCUT2D eigenvalue weighted by Gasteiger charge is -2.11. The molecule has 1 aromatic heterocycles. The third-order valence-corrected chi connectivity index (χ3v) is 4.99. The maximum atomic E-state index is 14.3. The Labute approximate surface area is 153 Å². The van der Waals surface area contributed by atoms with Gasteiger partial charge in [0.25, 0.3) is 10.0 Å². The zero-order valence-electron chi connectivity index (χ0n) is 13.9. The fourth-order valence-electron chi connectivity index (χ4n) is 2.33. The van der Waals surface area contributed by atoms with Gasteiger partial charge in [-0.05, 0) is 36.4 Å². The van der Waals surface area contributed by atoms with Gasteiger partial charge in [0.1, 0.15) is 16.4 Å². The van der Waals surface area contributed by atoms with E-state index >= 15 is 0 Å². The van der Waals surface area contributed by atoms with Gasteiger partial charge < -0.3 is 4.74 Å². The molecule has 0 atom stereocenters. The highest BCUT2D eigenvalue weighted by molar-refractivity contribution is 7.92. The zero-order valence-corrected chi connectivity index (χ0v) is 14.7. The molecular formula is C17H13F2N3O4S. The molecule has 27 heavy (non-hydrogen) atoms. The highest BCUT2D eigenvalue weighted by Gasteiger charge is 2.22. The van der Waals surface area contributed by atoms with E-state index in [1.807, 2.05) is 0 Å². The molecule has 0 spiro atoms. The molecule has 10 heteroatoms. The minimum Gasteiger partial charge on any atom is -0.465 e.